The Hall–Kier alpha value is -6.05. The van der Waals surface area contributed by atoms with Gasteiger partial charge in [0.1, 0.15) is 24.5 Å². The number of carbonyl (C=O) groups excluding carboxylic acids is 3. The van der Waals surface area contributed by atoms with E-state index in [9.17, 15) is 24.0 Å². The maximum absolute atomic E-state index is 12.8. The molecular weight excluding hydrogens is 704 g/mol. The number of pyridine rings is 2. The standard InChI is InChI=1S/C23H29N3O5.C18H21N3O3/c1-23(2,3)31-21(28)24-19-10-7-13-26(20(19)27)18-11-14-25(15-12-18)22(29)30-16-17-8-5-4-6-9-17;19-16-7-4-10-21(17(16)22)15-8-11-20(12-9-15)18(23)24-13-14-5-2-1-3-6-14/h4-10,13,18H,11-12,14-16H2,1-3H3,(H,24,28);1-7,10,15H,8-9,11-13,19H2. The molecule has 6 rings (SSSR count). The number of hydrogen-bond donors (Lipinski definition) is 2. The van der Waals surface area contributed by atoms with Crippen molar-refractivity contribution in [1.82, 2.24) is 18.9 Å². The molecule has 0 bridgehead atoms. The Labute approximate surface area is 320 Å². The molecule has 0 spiro atoms. The molecule has 55 heavy (non-hydrogen) atoms. The number of carbonyl (C=O) groups is 3. The number of piperidine rings is 2. The van der Waals surface area contributed by atoms with E-state index in [1.54, 1.807) is 76.4 Å². The number of nitrogens with one attached hydrogen (secondary N) is 1. The van der Waals surface area contributed by atoms with Gasteiger partial charge in [0.15, 0.2) is 0 Å². The van der Waals surface area contributed by atoms with Crippen LogP contribution in [0.15, 0.2) is 107 Å². The molecule has 0 saturated carbocycles. The van der Waals surface area contributed by atoms with Gasteiger partial charge in [-0.3, -0.25) is 14.9 Å². The first-order valence-corrected chi connectivity index (χ1v) is 18.5. The molecule has 0 aliphatic carbocycles. The smallest absolute Gasteiger partial charge is 0.412 e. The van der Waals surface area contributed by atoms with Crippen molar-refractivity contribution in [3.05, 3.63) is 129 Å². The van der Waals surface area contributed by atoms with Crippen molar-refractivity contribution < 1.29 is 28.6 Å². The van der Waals surface area contributed by atoms with E-state index in [0.29, 0.717) is 51.9 Å². The van der Waals surface area contributed by atoms with Crippen molar-refractivity contribution >= 4 is 29.7 Å². The van der Waals surface area contributed by atoms with E-state index in [1.807, 2.05) is 60.7 Å². The molecule has 4 heterocycles. The second kappa shape index (κ2) is 18.8. The van der Waals surface area contributed by atoms with Crippen LogP contribution in [0, 0.1) is 0 Å². The zero-order chi connectivity index (χ0) is 39.4. The predicted molar refractivity (Wildman–Crippen MR) is 209 cm³/mol. The van der Waals surface area contributed by atoms with Gasteiger partial charge in [-0.05, 0) is 81.8 Å². The van der Waals surface area contributed by atoms with E-state index >= 15 is 0 Å². The number of nitrogens with two attached hydrogens (primary N) is 1. The largest absolute Gasteiger partial charge is 0.445 e. The van der Waals surface area contributed by atoms with Gasteiger partial charge in [-0.1, -0.05) is 60.7 Å². The maximum atomic E-state index is 12.8. The van der Waals surface area contributed by atoms with Gasteiger partial charge in [0.25, 0.3) is 11.1 Å². The number of rotatable bonds is 7. The van der Waals surface area contributed by atoms with Crippen LogP contribution >= 0.6 is 0 Å². The number of aromatic nitrogens is 2. The summed E-state index contributed by atoms with van der Waals surface area (Å²) in [5.74, 6) is 0. The minimum absolute atomic E-state index is 0.0638. The van der Waals surface area contributed by atoms with Crippen LogP contribution in [-0.4, -0.2) is 69.0 Å². The fourth-order valence-electron chi connectivity index (χ4n) is 6.40. The Balaban J connectivity index is 0.000000218. The van der Waals surface area contributed by atoms with Gasteiger partial charge in [-0.25, -0.2) is 14.4 Å². The lowest BCUT2D eigenvalue weighted by Gasteiger charge is -2.32. The highest BCUT2D eigenvalue weighted by Crippen LogP contribution is 2.24. The normalized spacial score (nSPS) is 15.0. The van der Waals surface area contributed by atoms with Crippen LogP contribution in [0.2, 0.25) is 0 Å². The van der Waals surface area contributed by atoms with Gasteiger partial charge in [0.05, 0.1) is 5.69 Å². The van der Waals surface area contributed by atoms with Crippen molar-refractivity contribution in [2.24, 2.45) is 0 Å². The molecule has 0 radical (unpaired) electrons. The lowest BCUT2D eigenvalue weighted by atomic mass is 10.0. The summed E-state index contributed by atoms with van der Waals surface area (Å²) in [6, 6.07) is 25.8. The first-order valence-electron chi connectivity index (χ1n) is 18.5. The summed E-state index contributed by atoms with van der Waals surface area (Å²) in [6.45, 7) is 7.91. The molecule has 14 nitrogen and oxygen atoms in total. The van der Waals surface area contributed by atoms with Crippen LogP contribution in [0.1, 0.15) is 69.7 Å². The van der Waals surface area contributed by atoms with Gasteiger partial charge < -0.3 is 38.9 Å². The molecule has 2 aliphatic rings. The van der Waals surface area contributed by atoms with Crippen molar-refractivity contribution in [3.63, 3.8) is 0 Å². The van der Waals surface area contributed by atoms with Crippen LogP contribution in [-0.2, 0) is 27.4 Å². The highest BCUT2D eigenvalue weighted by Gasteiger charge is 2.27. The first kappa shape index (κ1) is 40.1. The van der Waals surface area contributed by atoms with Crippen molar-refractivity contribution in [3.8, 4) is 0 Å². The van der Waals surface area contributed by atoms with Crippen molar-refractivity contribution in [1.29, 1.82) is 0 Å². The number of nitrogen functional groups attached to an aromatic ring is 1. The Kier molecular flexibility index (Phi) is 13.7. The highest BCUT2D eigenvalue weighted by atomic mass is 16.6. The number of ether oxygens (including phenoxy) is 3. The Morgan fingerprint density at radius 3 is 1.55 bits per heavy atom. The second-order valence-corrected chi connectivity index (χ2v) is 14.5. The molecule has 3 N–H and O–H groups in total. The minimum atomic E-state index is -0.668. The zero-order valence-electron chi connectivity index (χ0n) is 31.6. The topological polar surface area (TPSA) is 167 Å². The lowest BCUT2D eigenvalue weighted by Crippen LogP contribution is -2.41. The summed E-state index contributed by atoms with van der Waals surface area (Å²) in [5, 5.41) is 2.53. The number of benzene rings is 2. The summed E-state index contributed by atoms with van der Waals surface area (Å²) in [7, 11) is 0. The molecule has 2 fully saturated rings. The molecule has 292 valence electrons. The summed E-state index contributed by atoms with van der Waals surface area (Å²) in [5.41, 5.74) is 6.89. The lowest BCUT2D eigenvalue weighted by molar-refractivity contribution is 0.0634. The van der Waals surface area contributed by atoms with Gasteiger partial charge >= 0.3 is 18.3 Å². The molecule has 0 atom stereocenters. The third-order valence-electron chi connectivity index (χ3n) is 9.26. The number of anilines is 2. The third kappa shape index (κ3) is 11.7. The zero-order valence-corrected chi connectivity index (χ0v) is 31.6. The van der Waals surface area contributed by atoms with E-state index in [2.05, 4.69) is 5.32 Å². The molecule has 3 amide bonds. The Bertz CT molecular complexity index is 1990. The average molecular weight is 755 g/mol. The van der Waals surface area contributed by atoms with Gasteiger partial charge in [0.2, 0.25) is 0 Å². The molecule has 2 aliphatic heterocycles. The fraction of sp³-hybridized carbons (Fsp3) is 0.390. The number of hydrogen-bond acceptors (Lipinski definition) is 9. The predicted octanol–water partition coefficient (Wildman–Crippen LogP) is 6.57. The van der Waals surface area contributed by atoms with Crippen LogP contribution in [0.5, 0.6) is 0 Å². The molecule has 4 aromatic rings. The third-order valence-corrected chi connectivity index (χ3v) is 9.26. The molecule has 2 aromatic heterocycles. The Morgan fingerprint density at radius 2 is 1.09 bits per heavy atom. The molecular formula is C41H50N6O8. The molecule has 2 aromatic carbocycles. The molecule has 14 heteroatoms. The fourth-order valence-corrected chi connectivity index (χ4v) is 6.40. The quantitative estimate of drug-likeness (QED) is 0.198. The van der Waals surface area contributed by atoms with Gasteiger partial charge in [0, 0.05) is 50.7 Å². The summed E-state index contributed by atoms with van der Waals surface area (Å²) >= 11 is 0. The number of amides is 3. The minimum Gasteiger partial charge on any atom is -0.445 e. The molecule has 0 unspecified atom stereocenters. The van der Waals surface area contributed by atoms with Crippen LogP contribution < -0.4 is 22.2 Å². The van der Waals surface area contributed by atoms with Crippen molar-refractivity contribution in [2.75, 3.05) is 37.2 Å². The number of nitrogens with zero attached hydrogens (tertiary/aromatic N) is 4. The van der Waals surface area contributed by atoms with E-state index in [1.165, 1.54) is 0 Å². The van der Waals surface area contributed by atoms with Crippen LogP contribution in [0.4, 0.5) is 25.8 Å². The van der Waals surface area contributed by atoms with E-state index in [0.717, 1.165) is 11.1 Å². The van der Waals surface area contributed by atoms with Crippen molar-refractivity contribution in [2.45, 2.75) is 77.4 Å². The highest BCUT2D eigenvalue weighted by molar-refractivity contribution is 5.84. The average Bonchev–Trinajstić information content (AvgIpc) is 3.18. The number of likely N-dealkylation sites (tertiary alicyclic amines) is 2. The summed E-state index contributed by atoms with van der Waals surface area (Å²) < 4.78 is 19.2. The second-order valence-electron chi connectivity index (χ2n) is 14.5. The van der Waals surface area contributed by atoms with E-state index < -0.39 is 11.7 Å². The summed E-state index contributed by atoms with van der Waals surface area (Å²) in [6.07, 6.45) is 4.80. The maximum Gasteiger partial charge on any atom is 0.412 e. The SMILES string of the molecule is CC(C)(C)OC(=O)Nc1cccn(C2CCN(C(=O)OCc3ccccc3)CC2)c1=O.Nc1cccn(C2CCN(C(=O)OCc3ccccc3)CC2)c1=O. The van der Waals surface area contributed by atoms with Gasteiger partial charge in [-0.15, -0.1) is 0 Å². The Morgan fingerprint density at radius 1 is 0.655 bits per heavy atom. The van der Waals surface area contributed by atoms with E-state index in [-0.39, 0.29) is 60.0 Å². The van der Waals surface area contributed by atoms with E-state index in [4.69, 9.17) is 19.9 Å². The summed E-state index contributed by atoms with van der Waals surface area (Å²) in [4.78, 5) is 64.8. The first-order chi connectivity index (χ1) is 26.4. The van der Waals surface area contributed by atoms with Crippen LogP contribution in [0.25, 0.3) is 0 Å². The molecule has 2 saturated heterocycles. The van der Waals surface area contributed by atoms with Crippen LogP contribution in [0.3, 0.4) is 0 Å². The van der Waals surface area contributed by atoms with Gasteiger partial charge in [-0.2, -0.15) is 0 Å². The monoisotopic (exact) mass is 754 g/mol.